The quantitative estimate of drug-likeness (QED) is 0.614. The lowest BCUT2D eigenvalue weighted by Crippen LogP contribution is -2.29. The standard InChI is InChI=1S/C18H22N4O4/c1-10-12(18(25)20-17-16(10)11(2)21-22(17)3)6-7-15(24)19-9-13(23)14-5-4-8-26-14/h4-5,8,13,23H,6-7,9H2,1-3H3,(H,19,24)(H,20,25). The van der Waals surface area contributed by atoms with Crippen LogP contribution in [0.2, 0.25) is 0 Å². The van der Waals surface area contributed by atoms with E-state index in [-0.39, 0.29) is 24.4 Å². The summed E-state index contributed by atoms with van der Waals surface area (Å²) >= 11 is 0. The van der Waals surface area contributed by atoms with Gasteiger partial charge in [-0.25, -0.2) is 0 Å². The van der Waals surface area contributed by atoms with Gasteiger partial charge < -0.3 is 19.8 Å². The van der Waals surface area contributed by atoms with Crippen molar-refractivity contribution in [2.24, 2.45) is 7.05 Å². The molecule has 26 heavy (non-hydrogen) atoms. The third-order valence-corrected chi connectivity index (χ3v) is 4.52. The van der Waals surface area contributed by atoms with Crippen LogP contribution in [0.25, 0.3) is 11.0 Å². The number of aryl methyl sites for hydroxylation is 3. The molecule has 0 spiro atoms. The summed E-state index contributed by atoms with van der Waals surface area (Å²) in [5, 5.41) is 17.8. The Hall–Kier alpha value is -2.87. The van der Waals surface area contributed by atoms with Crippen LogP contribution in [0.5, 0.6) is 0 Å². The zero-order valence-corrected chi connectivity index (χ0v) is 15.0. The van der Waals surface area contributed by atoms with Gasteiger partial charge >= 0.3 is 0 Å². The zero-order valence-electron chi connectivity index (χ0n) is 15.0. The topological polar surface area (TPSA) is 113 Å². The molecule has 3 aromatic rings. The van der Waals surface area contributed by atoms with Crippen molar-refractivity contribution in [2.75, 3.05) is 6.54 Å². The molecule has 0 aliphatic carbocycles. The van der Waals surface area contributed by atoms with Crippen molar-refractivity contribution in [3.8, 4) is 0 Å². The van der Waals surface area contributed by atoms with Crippen molar-refractivity contribution < 1.29 is 14.3 Å². The lowest BCUT2D eigenvalue weighted by molar-refractivity contribution is -0.121. The highest BCUT2D eigenvalue weighted by Gasteiger charge is 2.16. The molecule has 138 valence electrons. The minimum absolute atomic E-state index is 0.0580. The molecule has 8 heteroatoms. The van der Waals surface area contributed by atoms with Gasteiger partial charge in [0.2, 0.25) is 5.91 Å². The van der Waals surface area contributed by atoms with E-state index >= 15 is 0 Å². The third kappa shape index (κ3) is 3.41. The molecule has 3 rings (SSSR count). The van der Waals surface area contributed by atoms with Crippen LogP contribution in [0, 0.1) is 13.8 Å². The second-order valence-electron chi connectivity index (χ2n) is 6.33. The average molecular weight is 358 g/mol. The molecule has 0 aliphatic heterocycles. The summed E-state index contributed by atoms with van der Waals surface area (Å²) < 4.78 is 6.73. The first-order valence-electron chi connectivity index (χ1n) is 8.41. The van der Waals surface area contributed by atoms with Gasteiger partial charge in [0.05, 0.1) is 18.5 Å². The molecule has 8 nitrogen and oxygen atoms in total. The van der Waals surface area contributed by atoms with Crippen molar-refractivity contribution in [3.63, 3.8) is 0 Å². The number of hydrogen-bond acceptors (Lipinski definition) is 5. The van der Waals surface area contributed by atoms with Crippen molar-refractivity contribution in [3.05, 3.63) is 51.3 Å². The van der Waals surface area contributed by atoms with E-state index in [1.54, 1.807) is 23.9 Å². The monoisotopic (exact) mass is 358 g/mol. The Morgan fingerprint density at radius 2 is 2.23 bits per heavy atom. The number of carbonyl (C=O) groups excluding carboxylic acids is 1. The number of carbonyl (C=O) groups is 1. The number of fused-ring (bicyclic) bond motifs is 1. The number of amides is 1. The van der Waals surface area contributed by atoms with Gasteiger partial charge in [0.25, 0.3) is 5.56 Å². The van der Waals surface area contributed by atoms with Gasteiger partial charge in [-0.1, -0.05) is 0 Å². The molecule has 0 saturated carbocycles. The summed E-state index contributed by atoms with van der Waals surface area (Å²) in [5.74, 6) is 0.160. The molecule has 0 fully saturated rings. The minimum Gasteiger partial charge on any atom is -0.467 e. The average Bonchev–Trinajstić information content (AvgIpc) is 3.21. The normalized spacial score (nSPS) is 12.5. The number of nitrogens with one attached hydrogen (secondary N) is 2. The van der Waals surface area contributed by atoms with Gasteiger partial charge in [-0.15, -0.1) is 0 Å². The molecule has 0 aliphatic rings. The Morgan fingerprint density at radius 3 is 2.92 bits per heavy atom. The molecule has 0 bridgehead atoms. The largest absolute Gasteiger partial charge is 0.467 e. The Kier molecular flexibility index (Phi) is 4.94. The predicted molar refractivity (Wildman–Crippen MR) is 95.8 cm³/mol. The number of hydrogen-bond donors (Lipinski definition) is 3. The van der Waals surface area contributed by atoms with Crippen LogP contribution in [0.15, 0.2) is 27.6 Å². The maximum Gasteiger partial charge on any atom is 0.253 e. The van der Waals surface area contributed by atoms with Crippen LogP contribution in [0.1, 0.15) is 35.1 Å². The summed E-state index contributed by atoms with van der Waals surface area (Å²) in [6.07, 6.45) is 1.04. The van der Waals surface area contributed by atoms with Crippen molar-refractivity contribution in [2.45, 2.75) is 32.8 Å². The molecule has 1 amide bonds. The van der Waals surface area contributed by atoms with E-state index in [4.69, 9.17) is 4.42 Å². The lowest BCUT2D eigenvalue weighted by Gasteiger charge is -2.10. The van der Waals surface area contributed by atoms with Gasteiger partial charge in [-0.3, -0.25) is 14.3 Å². The number of H-pyrrole nitrogens is 1. The molecule has 3 aromatic heterocycles. The fourth-order valence-corrected chi connectivity index (χ4v) is 3.17. The maximum absolute atomic E-state index is 12.4. The van der Waals surface area contributed by atoms with Gasteiger partial charge in [-0.05, 0) is 38.0 Å². The first kappa shape index (κ1) is 17.9. The smallest absolute Gasteiger partial charge is 0.253 e. The zero-order chi connectivity index (χ0) is 18.8. The number of aliphatic hydroxyl groups excluding tert-OH is 1. The van der Waals surface area contributed by atoms with Crippen LogP contribution in [-0.2, 0) is 18.3 Å². The van der Waals surface area contributed by atoms with Crippen molar-refractivity contribution in [1.82, 2.24) is 20.1 Å². The first-order chi connectivity index (χ1) is 12.4. The third-order valence-electron chi connectivity index (χ3n) is 4.52. The van der Waals surface area contributed by atoms with E-state index < -0.39 is 6.10 Å². The molecule has 0 radical (unpaired) electrons. The molecule has 1 atom stereocenters. The molecule has 3 N–H and O–H groups in total. The highest BCUT2D eigenvalue weighted by Crippen LogP contribution is 2.21. The predicted octanol–water partition coefficient (Wildman–Crippen LogP) is 1.25. The Bertz CT molecular complexity index is 985. The molecular formula is C18H22N4O4. The maximum atomic E-state index is 12.4. The molecule has 0 aromatic carbocycles. The molecule has 0 saturated heterocycles. The summed E-state index contributed by atoms with van der Waals surface area (Å²) in [5.41, 5.74) is 2.73. The van der Waals surface area contributed by atoms with E-state index in [9.17, 15) is 14.7 Å². The molecular weight excluding hydrogens is 336 g/mol. The van der Waals surface area contributed by atoms with Crippen LogP contribution in [0.4, 0.5) is 0 Å². The second-order valence-corrected chi connectivity index (χ2v) is 6.33. The van der Waals surface area contributed by atoms with E-state index in [0.29, 0.717) is 23.4 Å². The van der Waals surface area contributed by atoms with E-state index in [1.807, 2.05) is 13.8 Å². The van der Waals surface area contributed by atoms with Gasteiger partial charge in [0, 0.05) is 24.4 Å². The van der Waals surface area contributed by atoms with Crippen LogP contribution in [0.3, 0.4) is 0 Å². The number of aromatic nitrogens is 3. The second kappa shape index (κ2) is 7.17. The summed E-state index contributed by atoms with van der Waals surface area (Å²) in [7, 11) is 1.78. The van der Waals surface area contributed by atoms with E-state index in [1.165, 1.54) is 6.26 Å². The number of aromatic amines is 1. The van der Waals surface area contributed by atoms with Crippen molar-refractivity contribution in [1.29, 1.82) is 0 Å². The lowest BCUT2D eigenvalue weighted by atomic mass is 10.0. The Balaban J connectivity index is 1.67. The van der Waals surface area contributed by atoms with Gasteiger partial charge in [0.15, 0.2) is 0 Å². The SMILES string of the molecule is Cc1nn(C)c2[nH]c(=O)c(CCC(=O)NCC(O)c3ccco3)c(C)c12. The van der Waals surface area contributed by atoms with E-state index in [2.05, 4.69) is 15.4 Å². The summed E-state index contributed by atoms with van der Waals surface area (Å²) in [6, 6.07) is 3.32. The minimum atomic E-state index is -0.895. The highest BCUT2D eigenvalue weighted by molar-refractivity contribution is 5.83. The summed E-state index contributed by atoms with van der Waals surface area (Å²) in [4.78, 5) is 27.3. The van der Waals surface area contributed by atoms with Gasteiger partial charge in [-0.2, -0.15) is 5.10 Å². The van der Waals surface area contributed by atoms with Crippen LogP contribution in [-0.4, -0.2) is 32.3 Å². The summed E-state index contributed by atoms with van der Waals surface area (Å²) in [6.45, 7) is 3.82. The fourth-order valence-electron chi connectivity index (χ4n) is 3.17. The molecule has 3 heterocycles. The van der Waals surface area contributed by atoms with Crippen LogP contribution >= 0.6 is 0 Å². The van der Waals surface area contributed by atoms with Gasteiger partial charge in [0.1, 0.15) is 17.5 Å². The fraction of sp³-hybridized carbons (Fsp3) is 0.389. The van der Waals surface area contributed by atoms with E-state index in [0.717, 1.165) is 16.6 Å². The Labute approximate surface area is 149 Å². The first-order valence-corrected chi connectivity index (χ1v) is 8.41. The number of aliphatic hydroxyl groups is 1. The van der Waals surface area contributed by atoms with Crippen LogP contribution < -0.4 is 10.9 Å². The number of nitrogens with zero attached hydrogens (tertiary/aromatic N) is 2. The highest BCUT2D eigenvalue weighted by atomic mass is 16.4. The van der Waals surface area contributed by atoms with Crippen molar-refractivity contribution >= 4 is 16.9 Å². The molecule has 1 unspecified atom stereocenters. The Morgan fingerprint density at radius 1 is 1.46 bits per heavy atom. The number of pyridine rings is 1. The number of furan rings is 1. The number of rotatable bonds is 6.